The van der Waals surface area contributed by atoms with Gasteiger partial charge in [-0.1, -0.05) is 12.8 Å². The van der Waals surface area contributed by atoms with E-state index in [0.717, 1.165) is 36.9 Å². The summed E-state index contributed by atoms with van der Waals surface area (Å²) in [6.45, 7) is 3.39. The van der Waals surface area contributed by atoms with Gasteiger partial charge in [0.2, 0.25) is 0 Å². The van der Waals surface area contributed by atoms with Gasteiger partial charge >= 0.3 is 0 Å². The van der Waals surface area contributed by atoms with Crippen molar-refractivity contribution >= 4 is 11.6 Å². The first-order valence-corrected chi connectivity index (χ1v) is 7.95. The van der Waals surface area contributed by atoms with Crippen LogP contribution in [-0.2, 0) is 0 Å². The molecule has 114 valence electrons. The van der Waals surface area contributed by atoms with Crippen molar-refractivity contribution in [3.63, 3.8) is 0 Å². The van der Waals surface area contributed by atoms with Crippen molar-refractivity contribution < 1.29 is 14.0 Å². The lowest BCUT2D eigenvalue weighted by Crippen LogP contribution is -2.24. The Balaban J connectivity index is 2.04. The van der Waals surface area contributed by atoms with E-state index in [1.807, 2.05) is 13.0 Å². The molecule has 2 atom stereocenters. The molecule has 1 saturated carbocycles. The summed E-state index contributed by atoms with van der Waals surface area (Å²) in [5.41, 5.74) is 3.69. The highest BCUT2D eigenvalue weighted by Gasteiger charge is 2.41. The lowest BCUT2D eigenvalue weighted by atomic mass is 9.74. The monoisotopic (exact) mass is 297 g/mol. The van der Waals surface area contributed by atoms with E-state index in [-0.39, 0.29) is 23.4 Å². The van der Waals surface area contributed by atoms with Crippen LogP contribution in [0.4, 0.5) is 0 Å². The van der Waals surface area contributed by atoms with Crippen molar-refractivity contribution in [2.75, 3.05) is 0 Å². The quantitative estimate of drug-likeness (QED) is 0.800. The molecule has 2 aromatic heterocycles. The molecule has 1 fully saturated rings. The summed E-state index contributed by atoms with van der Waals surface area (Å²) < 4.78 is 5.74. The summed E-state index contributed by atoms with van der Waals surface area (Å²) in [5.74, 6) is 1.05. The van der Waals surface area contributed by atoms with Crippen molar-refractivity contribution in [2.45, 2.75) is 45.4 Å². The maximum absolute atomic E-state index is 13.0. The van der Waals surface area contributed by atoms with E-state index in [9.17, 15) is 9.59 Å². The first-order valence-electron chi connectivity index (χ1n) is 7.95. The minimum atomic E-state index is -0.0324. The molecule has 4 heteroatoms. The lowest BCUT2D eigenvalue weighted by Gasteiger charge is -2.28. The van der Waals surface area contributed by atoms with Crippen molar-refractivity contribution in [1.29, 1.82) is 0 Å². The normalized spacial score (nSPS) is 23.5. The van der Waals surface area contributed by atoms with Crippen molar-refractivity contribution in [3.8, 4) is 11.3 Å². The Morgan fingerprint density at radius 3 is 2.73 bits per heavy atom. The minimum absolute atomic E-state index is 0.00390. The number of hydrogen-bond donors (Lipinski definition) is 1. The smallest absolute Gasteiger partial charge is 0.183 e. The van der Waals surface area contributed by atoms with E-state index >= 15 is 0 Å². The second-order valence-electron chi connectivity index (χ2n) is 6.50. The van der Waals surface area contributed by atoms with E-state index in [2.05, 4.69) is 4.98 Å². The summed E-state index contributed by atoms with van der Waals surface area (Å²) in [5, 5.41) is 0. The summed E-state index contributed by atoms with van der Waals surface area (Å²) in [6.07, 6.45) is 5.85. The number of rotatable bonds is 1. The Kier molecular flexibility index (Phi) is 2.90. The first kappa shape index (κ1) is 13.6. The highest BCUT2D eigenvalue weighted by atomic mass is 16.3. The fraction of sp³-hybridized carbons (Fsp3) is 0.444. The van der Waals surface area contributed by atoms with E-state index < -0.39 is 0 Å². The number of carbonyl (C=O) groups is 2. The number of carbonyl (C=O) groups excluding carboxylic acids is 2. The molecule has 2 aliphatic rings. The summed E-state index contributed by atoms with van der Waals surface area (Å²) >= 11 is 0. The number of aryl methyl sites for hydroxylation is 1. The van der Waals surface area contributed by atoms with E-state index in [4.69, 9.17) is 4.42 Å². The molecule has 4 nitrogen and oxygen atoms in total. The second-order valence-corrected chi connectivity index (χ2v) is 6.50. The standard InChI is InChI=1S/C18H19NO3/c1-9-14(10(2)20)15-16(19-9)17(21)12-6-4-3-5-11(12)13-7-8-22-18(13)15/h7-8,11-12,19H,3-6H2,1-2H3. The Morgan fingerprint density at radius 2 is 2.00 bits per heavy atom. The van der Waals surface area contributed by atoms with Gasteiger partial charge in [-0.05, 0) is 38.7 Å². The molecule has 1 N–H and O–H groups in total. The zero-order valence-electron chi connectivity index (χ0n) is 12.9. The van der Waals surface area contributed by atoms with E-state index in [1.54, 1.807) is 13.2 Å². The Morgan fingerprint density at radius 1 is 1.27 bits per heavy atom. The van der Waals surface area contributed by atoms with Gasteiger partial charge in [-0.15, -0.1) is 0 Å². The van der Waals surface area contributed by atoms with Crippen LogP contribution in [0, 0.1) is 12.8 Å². The molecule has 0 amide bonds. The summed E-state index contributed by atoms with van der Waals surface area (Å²) in [4.78, 5) is 28.3. The zero-order valence-corrected chi connectivity index (χ0v) is 12.9. The fourth-order valence-corrected chi connectivity index (χ4v) is 4.29. The Hall–Kier alpha value is -2.10. The zero-order chi connectivity index (χ0) is 15.4. The van der Waals surface area contributed by atoms with Gasteiger partial charge in [0.1, 0.15) is 5.76 Å². The third-order valence-corrected chi connectivity index (χ3v) is 5.21. The number of aromatic amines is 1. The number of hydrogen-bond acceptors (Lipinski definition) is 3. The highest BCUT2D eigenvalue weighted by molar-refractivity contribution is 6.11. The number of Topliss-reactive ketones (excluding diaryl/α,β-unsaturated/α-hetero) is 2. The minimum Gasteiger partial charge on any atom is -0.464 e. The van der Waals surface area contributed by atoms with Crippen LogP contribution >= 0.6 is 0 Å². The number of ketones is 2. The third-order valence-electron chi connectivity index (χ3n) is 5.21. The van der Waals surface area contributed by atoms with Gasteiger partial charge in [-0.3, -0.25) is 9.59 Å². The first-order chi connectivity index (χ1) is 10.6. The number of fused-ring (bicyclic) bond motifs is 5. The van der Waals surface area contributed by atoms with Crippen LogP contribution < -0.4 is 0 Å². The molecule has 2 aliphatic carbocycles. The molecule has 0 aromatic carbocycles. The molecular formula is C18H19NO3. The number of H-pyrrole nitrogens is 1. The summed E-state index contributed by atoms with van der Waals surface area (Å²) in [7, 11) is 0. The number of furan rings is 1. The second kappa shape index (κ2) is 4.70. The largest absolute Gasteiger partial charge is 0.464 e. The van der Waals surface area contributed by atoms with Crippen LogP contribution in [0.15, 0.2) is 16.7 Å². The molecule has 0 aliphatic heterocycles. The van der Waals surface area contributed by atoms with Gasteiger partial charge in [-0.25, -0.2) is 0 Å². The molecule has 2 aromatic rings. The van der Waals surface area contributed by atoms with Gasteiger partial charge in [0, 0.05) is 22.7 Å². The molecule has 0 spiro atoms. The molecule has 4 rings (SSSR count). The van der Waals surface area contributed by atoms with Crippen LogP contribution in [0.2, 0.25) is 0 Å². The van der Waals surface area contributed by atoms with Crippen molar-refractivity contribution in [3.05, 3.63) is 34.8 Å². The molecule has 0 bridgehead atoms. The topological polar surface area (TPSA) is 63.1 Å². The SMILES string of the molecule is CC(=O)c1c(C)[nH]c2c1-c1occc1C1CCCCC1C2=O. The maximum Gasteiger partial charge on any atom is 0.183 e. The van der Waals surface area contributed by atoms with Gasteiger partial charge in [0.15, 0.2) is 11.6 Å². The fourth-order valence-electron chi connectivity index (χ4n) is 4.29. The highest BCUT2D eigenvalue weighted by Crippen LogP contribution is 2.48. The predicted octanol–water partition coefficient (Wildman–Crippen LogP) is 4.26. The van der Waals surface area contributed by atoms with Crippen LogP contribution in [0.3, 0.4) is 0 Å². The molecule has 0 radical (unpaired) electrons. The molecule has 2 unspecified atom stereocenters. The van der Waals surface area contributed by atoms with E-state index in [0.29, 0.717) is 22.6 Å². The number of aromatic nitrogens is 1. The van der Waals surface area contributed by atoms with E-state index in [1.165, 1.54) is 0 Å². The van der Waals surface area contributed by atoms with Crippen molar-refractivity contribution in [1.82, 2.24) is 4.98 Å². The van der Waals surface area contributed by atoms with Crippen LogP contribution in [0.25, 0.3) is 11.3 Å². The molecular weight excluding hydrogens is 278 g/mol. The third kappa shape index (κ3) is 1.70. The van der Waals surface area contributed by atoms with Gasteiger partial charge < -0.3 is 9.40 Å². The van der Waals surface area contributed by atoms with Gasteiger partial charge in [-0.2, -0.15) is 0 Å². The predicted molar refractivity (Wildman–Crippen MR) is 82.3 cm³/mol. The average molecular weight is 297 g/mol. The lowest BCUT2D eigenvalue weighted by molar-refractivity contribution is 0.0866. The van der Waals surface area contributed by atoms with Crippen LogP contribution in [0.1, 0.15) is 70.6 Å². The Bertz CT molecular complexity index is 780. The van der Waals surface area contributed by atoms with Crippen LogP contribution in [0.5, 0.6) is 0 Å². The molecule has 2 heterocycles. The van der Waals surface area contributed by atoms with Crippen molar-refractivity contribution in [2.24, 2.45) is 5.92 Å². The maximum atomic E-state index is 13.0. The van der Waals surface area contributed by atoms with Crippen LogP contribution in [-0.4, -0.2) is 16.6 Å². The van der Waals surface area contributed by atoms with Gasteiger partial charge in [0.25, 0.3) is 0 Å². The molecule has 22 heavy (non-hydrogen) atoms. The van der Waals surface area contributed by atoms with Gasteiger partial charge in [0.05, 0.1) is 17.5 Å². The summed E-state index contributed by atoms with van der Waals surface area (Å²) in [6, 6.07) is 1.98. The molecule has 0 saturated heterocycles. The Labute approximate surface area is 128 Å². The average Bonchev–Trinajstić information content (AvgIpc) is 3.08. The number of nitrogens with one attached hydrogen (secondary N) is 1.